The van der Waals surface area contributed by atoms with E-state index in [9.17, 15) is 4.79 Å². The number of benzene rings is 1. The molecule has 0 radical (unpaired) electrons. The molecule has 1 aliphatic heterocycles. The number of hydrogen-bond donors (Lipinski definition) is 1. The molecule has 1 aromatic carbocycles. The maximum atomic E-state index is 12.7. The third kappa shape index (κ3) is 2.54. The SMILES string of the molecule is Cc1nc2ccc(NC(=O)N3CCC[C@H]3c3cccn3C)cc2o1. The Hall–Kier alpha value is -2.76. The van der Waals surface area contributed by atoms with Crippen molar-refractivity contribution in [2.24, 2.45) is 7.05 Å². The highest BCUT2D eigenvalue weighted by Crippen LogP contribution is 2.32. The maximum Gasteiger partial charge on any atom is 0.322 e. The summed E-state index contributed by atoms with van der Waals surface area (Å²) in [4.78, 5) is 18.9. The fraction of sp³-hybridized carbons (Fsp3) is 0.333. The second-order valence-electron chi connectivity index (χ2n) is 6.24. The summed E-state index contributed by atoms with van der Waals surface area (Å²) in [6, 6.07) is 9.69. The van der Waals surface area contributed by atoms with Gasteiger partial charge in [0.2, 0.25) is 0 Å². The molecule has 1 aliphatic rings. The van der Waals surface area contributed by atoms with Gasteiger partial charge in [0.25, 0.3) is 0 Å². The number of carbonyl (C=O) groups excluding carboxylic acids is 1. The predicted molar refractivity (Wildman–Crippen MR) is 91.9 cm³/mol. The molecule has 0 aliphatic carbocycles. The van der Waals surface area contributed by atoms with Gasteiger partial charge < -0.3 is 19.2 Å². The number of aromatic nitrogens is 2. The lowest BCUT2D eigenvalue weighted by Gasteiger charge is -2.25. The molecule has 6 nitrogen and oxygen atoms in total. The lowest BCUT2D eigenvalue weighted by molar-refractivity contribution is 0.205. The molecule has 1 fully saturated rings. The topological polar surface area (TPSA) is 63.3 Å². The molecule has 3 heterocycles. The molecule has 2 amide bonds. The Labute approximate surface area is 140 Å². The van der Waals surface area contributed by atoms with Crippen LogP contribution in [0.25, 0.3) is 11.1 Å². The number of carbonyl (C=O) groups is 1. The van der Waals surface area contributed by atoms with Crippen molar-refractivity contribution in [1.82, 2.24) is 14.5 Å². The molecule has 4 rings (SSSR count). The second kappa shape index (κ2) is 5.70. The minimum atomic E-state index is -0.0747. The average Bonchev–Trinajstić information content (AvgIpc) is 3.24. The van der Waals surface area contributed by atoms with Gasteiger partial charge in [-0.05, 0) is 37.1 Å². The van der Waals surface area contributed by atoms with Crippen molar-refractivity contribution in [3.8, 4) is 0 Å². The molecule has 0 saturated carbocycles. The number of nitrogens with one attached hydrogen (secondary N) is 1. The molecule has 6 heteroatoms. The lowest BCUT2D eigenvalue weighted by atomic mass is 10.1. The highest BCUT2D eigenvalue weighted by atomic mass is 16.3. The highest BCUT2D eigenvalue weighted by Gasteiger charge is 2.31. The van der Waals surface area contributed by atoms with E-state index in [0.717, 1.165) is 30.6 Å². The zero-order chi connectivity index (χ0) is 16.7. The Morgan fingerprint density at radius 3 is 3.04 bits per heavy atom. The van der Waals surface area contributed by atoms with Crippen LogP contribution in [0.1, 0.15) is 30.5 Å². The summed E-state index contributed by atoms with van der Waals surface area (Å²) >= 11 is 0. The van der Waals surface area contributed by atoms with Crippen LogP contribution >= 0.6 is 0 Å². The van der Waals surface area contributed by atoms with E-state index in [1.807, 2.05) is 49.3 Å². The number of oxazole rings is 1. The van der Waals surface area contributed by atoms with Gasteiger partial charge in [-0.15, -0.1) is 0 Å². The van der Waals surface area contributed by atoms with Crippen molar-refractivity contribution in [2.75, 3.05) is 11.9 Å². The Kier molecular flexibility index (Phi) is 3.52. The molecular weight excluding hydrogens is 304 g/mol. The number of amides is 2. The van der Waals surface area contributed by atoms with Crippen molar-refractivity contribution in [3.63, 3.8) is 0 Å². The number of anilines is 1. The van der Waals surface area contributed by atoms with Gasteiger partial charge in [-0.25, -0.2) is 9.78 Å². The van der Waals surface area contributed by atoms with Gasteiger partial charge in [0, 0.05) is 44.2 Å². The summed E-state index contributed by atoms with van der Waals surface area (Å²) in [6.45, 7) is 2.58. The van der Waals surface area contributed by atoms with Crippen LogP contribution in [0.4, 0.5) is 10.5 Å². The number of rotatable bonds is 2. The van der Waals surface area contributed by atoms with Crippen molar-refractivity contribution in [1.29, 1.82) is 0 Å². The van der Waals surface area contributed by atoms with Gasteiger partial charge in [-0.3, -0.25) is 0 Å². The van der Waals surface area contributed by atoms with E-state index in [4.69, 9.17) is 4.42 Å². The standard InChI is InChI=1S/C18H20N4O2/c1-12-19-14-8-7-13(11-17(14)24-12)20-18(23)22-10-4-6-16(22)15-5-3-9-21(15)2/h3,5,7-9,11,16H,4,6,10H2,1-2H3,(H,20,23)/t16-/m0/s1. The summed E-state index contributed by atoms with van der Waals surface area (Å²) in [5.74, 6) is 0.622. The number of hydrogen-bond acceptors (Lipinski definition) is 3. The Balaban J connectivity index is 1.55. The molecule has 3 aromatic rings. The summed E-state index contributed by atoms with van der Waals surface area (Å²) in [7, 11) is 2.02. The zero-order valence-electron chi connectivity index (χ0n) is 13.8. The minimum absolute atomic E-state index is 0.0747. The molecular formula is C18H20N4O2. The van der Waals surface area contributed by atoms with E-state index < -0.39 is 0 Å². The molecule has 0 unspecified atom stereocenters. The molecule has 2 aromatic heterocycles. The van der Waals surface area contributed by atoms with Crippen LogP contribution in [0.15, 0.2) is 40.9 Å². The van der Waals surface area contributed by atoms with E-state index >= 15 is 0 Å². The first-order chi connectivity index (χ1) is 11.6. The van der Waals surface area contributed by atoms with E-state index in [-0.39, 0.29) is 12.1 Å². The molecule has 24 heavy (non-hydrogen) atoms. The quantitative estimate of drug-likeness (QED) is 0.779. The van der Waals surface area contributed by atoms with Crippen molar-refractivity contribution in [2.45, 2.75) is 25.8 Å². The Bertz CT molecular complexity index is 895. The predicted octanol–water partition coefficient (Wildman–Crippen LogP) is 3.84. The largest absolute Gasteiger partial charge is 0.441 e. The number of nitrogens with zero attached hydrogens (tertiary/aromatic N) is 3. The van der Waals surface area contributed by atoms with E-state index in [1.165, 1.54) is 5.69 Å². The maximum absolute atomic E-state index is 12.7. The van der Waals surface area contributed by atoms with Crippen LogP contribution in [0.2, 0.25) is 0 Å². The summed E-state index contributed by atoms with van der Waals surface area (Å²) in [6.07, 6.45) is 4.03. The number of aryl methyl sites for hydroxylation is 2. The molecule has 1 saturated heterocycles. The van der Waals surface area contributed by atoms with Gasteiger partial charge in [-0.1, -0.05) is 0 Å². The molecule has 1 N–H and O–H groups in total. The molecule has 124 valence electrons. The highest BCUT2D eigenvalue weighted by molar-refractivity contribution is 5.92. The Morgan fingerprint density at radius 2 is 2.25 bits per heavy atom. The fourth-order valence-corrected chi connectivity index (χ4v) is 3.45. The zero-order valence-corrected chi connectivity index (χ0v) is 13.8. The van der Waals surface area contributed by atoms with Gasteiger partial charge >= 0.3 is 6.03 Å². The number of likely N-dealkylation sites (tertiary alicyclic amines) is 1. The minimum Gasteiger partial charge on any atom is -0.441 e. The number of fused-ring (bicyclic) bond motifs is 1. The van der Waals surface area contributed by atoms with Crippen LogP contribution in [-0.2, 0) is 7.05 Å². The second-order valence-corrected chi connectivity index (χ2v) is 6.24. The van der Waals surface area contributed by atoms with Crippen LogP contribution < -0.4 is 5.32 Å². The van der Waals surface area contributed by atoms with Crippen LogP contribution in [-0.4, -0.2) is 27.0 Å². The van der Waals surface area contributed by atoms with E-state index in [2.05, 4.69) is 20.9 Å². The van der Waals surface area contributed by atoms with Gasteiger partial charge in [0.15, 0.2) is 11.5 Å². The average molecular weight is 324 g/mol. The third-order valence-electron chi connectivity index (χ3n) is 4.59. The summed E-state index contributed by atoms with van der Waals surface area (Å²) in [5.41, 5.74) is 3.38. The van der Waals surface area contributed by atoms with E-state index in [1.54, 1.807) is 0 Å². The molecule has 1 atom stereocenters. The van der Waals surface area contributed by atoms with Gasteiger partial charge in [-0.2, -0.15) is 0 Å². The van der Waals surface area contributed by atoms with Crippen molar-refractivity contribution in [3.05, 3.63) is 48.1 Å². The van der Waals surface area contributed by atoms with Crippen LogP contribution in [0, 0.1) is 6.92 Å². The number of urea groups is 1. The summed E-state index contributed by atoms with van der Waals surface area (Å²) in [5, 5.41) is 2.99. The van der Waals surface area contributed by atoms with E-state index in [0.29, 0.717) is 11.5 Å². The Morgan fingerprint density at radius 1 is 1.38 bits per heavy atom. The molecule has 0 bridgehead atoms. The van der Waals surface area contributed by atoms with Gasteiger partial charge in [0.1, 0.15) is 5.52 Å². The van der Waals surface area contributed by atoms with Crippen LogP contribution in [0.3, 0.4) is 0 Å². The normalized spacial score (nSPS) is 17.6. The van der Waals surface area contributed by atoms with Crippen LogP contribution in [0.5, 0.6) is 0 Å². The first-order valence-electron chi connectivity index (χ1n) is 8.18. The lowest BCUT2D eigenvalue weighted by Crippen LogP contribution is -2.35. The smallest absolute Gasteiger partial charge is 0.322 e. The first-order valence-corrected chi connectivity index (χ1v) is 8.18. The fourth-order valence-electron chi connectivity index (χ4n) is 3.45. The monoisotopic (exact) mass is 324 g/mol. The first kappa shape index (κ1) is 14.8. The van der Waals surface area contributed by atoms with Gasteiger partial charge in [0.05, 0.1) is 6.04 Å². The summed E-state index contributed by atoms with van der Waals surface area (Å²) < 4.78 is 7.61. The third-order valence-corrected chi connectivity index (χ3v) is 4.59. The molecule has 0 spiro atoms. The van der Waals surface area contributed by atoms with Crippen molar-refractivity contribution >= 4 is 22.8 Å². The van der Waals surface area contributed by atoms with Crippen molar-refractivity contribution < 1.29 is 9.21 Å².